The lowest BCUT2D eigenvalue weighted by Crippen LogP contribution is -1.85. The fourth-order valence-corrected chi connectivity index (χ4v) is 1.58. The zero-order valence-electron chi connectivity index (χ0n) is 6.79. The molecule has 0 atom stereocenters. The quantitative estimate of drug-likeness (QED) is 0.724. The van der Waals surface area contributed by atoms with E-state index >= 15 is 0 Å². The Morgan fingerprint density at radius 3 is 2.31 bits per heavy atom. The molecule has 1 aromatic carbocycles. The number of hydrogen-bond donors (Lipinski definition) is 0. The maximum atomic E-state index is 4.01. The summed E-state index contributed by atoms with van der Waals surface area (Å²) in [4.78, 5) is 12.9. The SMILES string of the molecule is c1ccc(Sc2ncncn2)cc1. The number of benzene rings is 1. The van der Waals surface area contributed by atoms with Gasteiger partial charge < -0.3 is 0 Å². The van der Waals surface area contributed by atoms with Crippen LogP contribution in [0.25, 0.3) is 0 Å². The molecule has 0 aliphatic carbocycles. The van der Waals surface area contributed by atoms with E-state index in [9.17, 15) is 0 Å². The monoisotopic (exact) mass is 189 g/mol. The van der Waals surface area contributed by atoms with E-state index in [1.807, 2.05) is 30.3 Å². The molecule has 0 spiro atoms. The second-order valence-electron chi connectivity index (χ2n) is 2.34. The molecule has 2 aromatic rings. The normalized spacial score (nSPS) is 9.85. The summed E-state index contributed by atoms with van der Waals surface area (Å²) >= 11 is 1.53. The van der Waals surface area contributed by atoms with E-state index in [-0.39, 0.29) is 0 Å². The van der Waals surface area contributed by atoms with Crippen LogP contribution in [-0.2, 0) is 0 Å². The van der Waals surface area contributed by atoms with Gasteiger partial charge in [-0.3, -0.25) is 0 Å². The van der Waals surface area contributed by atoms with Crippen molar-refractivity contribution in [2.75, 3.05) is 0 Å². The molecule has 0 radical (unpaired) electrons. The molecule has 0 aliphatic rings. The Balaban J connectivity index is 2.16. The van der Waals surface area contributed by atoms with Crippen molar-refractivity contribution in [2.24, 2.45) is 0 Å². The molecule has 0 amide bonds. The van der Waals surface area contributed by atoms with Gasteiger partial charge in [0.2, 0.25) is 0 Å². The minimum atomic E-state index is 0.723. The first-order valence-corrected chi connectivity index (χ1v) is 4.62. The van der Waals surface area contributed by atoms with Gasteiger partial charge in [0.15, 0.2) is 5.16 Å². The van der Waals surface area contributed by atoms with Gasteiger partial charge in [0.05, 0.1) is 0 Å². The zero-order valence-corrected chi connectivity index (χ0v) is 7.61. The second kappa shape index (κ2) is 4.00. The molecule has 0 bridgehead atoms. The van der Waals surface area contributed by atoms with Crippen LogP contribution in [0.4, 0.5) is 0 Å². The summed E-state index contributed by atoms with van der Waals surface area (Å²) in [5, 5.41) is 0.723. The van der Waals surface area contributed by atoms with Gasteiger partial charge in [0.1, 0.15) is 12.7 Å². The lowest BCUT2D eigenvalue weighted by atomic mass is 10.4. The predicted molar refractivity (Wildman–Crippen MR) is 50.4 cm³/mol. The third kappa shape index (κ3) is 2.26. The van der Waals surface area contributed by atoms with Gasteiger partial charge in [-0.2, -0.15) is 0 Å². The van der Waals surface area contributed by atoms with Crippen molar-refractivity contribution in [2.45, 2.75) is 10.1 Å². The Hall–Kier alpha value is -1.42. The highest BCUT2D eigenvalue weighted by molar-refractivity contribution is 7.99. The molecule has 0 N–H and O–H groups in total. The highest BCUT2D eigenvalue weighted by atomic mass is 32.2. The van der Waals surface area contributed by atoms with Crippen molar-refractivity contribution in [3.8, 4) is 0 Å². The Morgan fingerprint density at radius 2 is 1.62 bits per heavy atom. The van der Waals surface area contributed by atoms with E-state index < -0.39 is 0 Å². The Labute approximate surface area is 80.3 Å². The molecular formula is C9H7N3S. The van der Waals surface area contributed by atoms with Gasteiger partial charge in [0, 0.05) is 4.90 Å². The third-order valence-corrected chi connectivity index (χ3v) is 2.32. The summed E-state index contributed by atoms with van der Waals surface area (Å²) in [7, 11) is 0. The van der Waals surface area contributed by atoms with Gasteiger partial charge in [-0.05, 0) is 23.9 Å². The van der Waals surface area contributed by atoms with Crippen LogP contribution < -0.4 is 0 Å². The van der Waals surface area contributed by atoms with Gasteiger partial charge in [-0.1, -0.05) is 18.2 Å². The molecule has 0 unspecified atom stereocenters. The first kappa shape index (κ1) is 8.19. The van der Waals surface area contributed by atoms with Crippen LogP contribution in [-0.4, -0.2) is 15.0 Å². The highest BCUT2D eigenvalue weighted by Crippen LogP contribution is 2.22. The maximum Gasteiger partial charge on any atom is 0.195 e. The molecule has 1 aromatic heterocycles. The van der Waals surface area contributed by atoms with Gasteiger partial charge >= 0.3 is 0 Å². The van der Waals surface area contributed by atoms with E-state index in [0.29, 0.717) is 0 Å². The molecular weight excluding hydrogens is 182 g/mol. The fourth-order valence-electron chi connectivity index (χ4n) is 0.875. The summed E-state index contributed by atoms with van der Waals surface area (Å²) in [5.74, 6) is 0. The number of nitrogens with zero attached hydrogens (tertiary/aromatic N) is 3. The second-order valence-corrected chi connectivity index (χ2v) is 3.38. The van der Waals surface area contributed by atoms with Crippen molar-refractivity contribution in [1.82, 2.24) is 15.0 Å². The van der Waals surface area contributed by atoms with Gasteiger partial charge in [-0.25, -0.2) is 15.0 Å². The van der Waals surface area contributed by atoms with Crippen molar-refractivity contribution in [3.63, 3.8) is 0 Å². The lowest BCUT2D eigenvalue weighted by Gasteiger charge is -1.96. The Kier molecular flexibility index (Phi) is 2.52. The first-order chi connectivity index (χ1) is 6.45. The molecule has 4 heteroatoms. The summed E-state index contributed by atoms with van der Waals surface area (Å²) in [6, 6.07) is 10.0. The van der Waals surface area contributed by atoms with Crippen molar-refractivity contribution in [3.05, 3.63) is 43.0 Å². The predicted octanol–water partition coefficient (Wildman–Crippen LogP) is 2.02. The topological polar surface area (TPSA) is 38.7 Å². The maximum absolute atomic E-state index is 4.01. The fraction of sp³-hybridized carbons (Fsp3) is 0. The summed E-state index contributed by atoms with van der Waals surface area (Å²) < 4.78 is 0. The first-order valence-electron chi connectivity index (χ1n) is 3.80. The molecule has 0 aliphatic heterocycles. The molecule has 0 fully saturated rings. The summed E-state index contributed by atoms with van der Waals surface area (Å²) in [6.45, 7) is 0. The molecule has 2 rings (SSSR count). The molecule has 13 heavy (non-hydrogen) atoms. The van der Waals surface area contributed by atoms with Crippen LogP contribution in [0.1, 0.15) is 0 Å². The third-order valence-electron chi connectivity index (χ3n) is 1.42. The minimum Gasteiger partial charge on any atom is -0.225 e. The van der Waals surface area contributed by atoms with E-state index in [1.54, 1.807) is 0 Å². The Bertz CT molecular complexity index is 326. The highest BCUT2D eigenvalue weighted by Gasteiger charge is 1.96. The van der Waals surface area contributed by atoms with E-state index in [4.69, 9.17) is 0 Å². The molecule has 0 saturated carbocycles. The number of hydrogen-bond acceptors (Lipinski definition) is 4. The largest absolute Gasteiger partial charge is 0.225 e. The smallest absolute Gasteiger partial charge is 0.195 e. The standard InChI is InChI=1S/C9H7N3S/c1-2-4-8(5-3-1)13-9-11-6-10-7-12-9/h1-7H. The van der Waals surface area contributed by atoms with E-state index in [1.165, 1.54) is 24.4 Å². The lowest BCUT2D eigenvalue weighted by molar-refractivity contribution is 0.902. The van der Waals surface area contributed by atoms with Crippen LogP contribution >= 0.6 is 11.8 Å². The zero-order chi connectivity index (χ0) is 8.93. The van der Waals surface area contributed by atoms with Gasteiger partial charge in [0.25, 0.3) is 0 Å². The molecule has 3 nitrogen and oxygen atoms in total. The molecule has 1 heterocycles. The van der Waals surface area contributed by atoms with Crippen molar-refractivity contribution >= 4 is 11.8 Å². The Morgan fingerprint density at radius 1 is 0.923 bits per heavy atom. The molecule has 64 valence electrons. The number of rotatable bonds is 2. The average Bonchev–Trinajstić information content (AvgIpc) is 2.21. The summed E-state index contributed by atoms with van der Waals surface area (Å²) in [5.41, 5.74) is 0. The van der Waals surface area contributed by atoms with Crippen LogP contribution in [0, 0.1) is 0 Å². The minimum absolute atomic E-state index is 0.723. The number of aromatic nitrogens is 3. The summed E-state index contributed by atoms with van der Waals surface area (Å²) in [6.07, 6.45) is 3.00. The van der Waals surface area contributed by atoms with Crippen LogP contribution in [0.5, 0.6) is 0 Å². The van der Waals surface area contributed by atoms with Crippen molar-refractivity contribution in [1.29, 1.82) is 0 Å². The van der Waals surface area contributed by atoms with E-state index in [0.717, 1.165) is 10.1 Å². The average molecular weight is 189 g/mol. The molecule has 0 saturated heterocycles. The van der Waals surface area contributed by atoms with Crippen LogP contribution in [0.15, 0.2) is 53.0 Å². The van der Waals surface area contributed by atoms with Crippen molar-refractivity contribution < 1.29 is 0 Å². The van der Waals surface area contributed by atoms with Crippen LogP contribution in [0.2, 0.25) is 0 Å². The van der Waals surface area contributed by atoms with Gasteiger partial charge in [-0.15, -0.1) is 0 Å². The van der Waals surface area contributed by atoms with Crippen LogP contribution in [0.3, 0.4) is 0 Å². The van der Waals surface area contributed by atoms with E-state index in [2.05, 4.69) is 15.0 Å².